The fourth-order valence-electron chi connectivity index (χ4n) is 1.32. The minimum atomic E-state index is -1.11. The van der Waals surface area contributed by atoms with Gasteiger partial charge in [0.05, 0.1) is 12.7 Å². The molecule has 1 amide bonds. The predicted octanol–water partition coefficient (Wildman–Crippen LogP) is -1.06. The first-order valence-corrected chi connectivity index (χ1v) is 6.77. The van der Waals surface area contributed by atoms with Crippen LogP contribution in [0.15, 0.2) is 0 Å². The number of aldehydes is 1. The normalized spacial score (nSPS) is 27.5. The molecule has 0 aromatic carbocycles. The van der Waals surface area contributed by atoms with E-state index in [1.807, 2.05) is 0 Å². The van der Waals surface area contributed by atoms with Gasteiger partial charge in [-0.1, -0.05) is 20.3 Å². The molecule has 8 heteroatoms. The SMILES string of the molecule is CC(N)=O.CCC.O=CCOC1CC(O)C(O)C(CO)O1. The fraction of sp³-hybridized carbons (Fsp3) is 0.846. The number of amides is 1. The molecule has 1 aliphatic rings. The summed E-state index contributed by atoms with van der Waals surface area (Å²) in [6, 6.07) is 0. The van der Waals surface area contributed by atoms with Gasteiger partial charge in [0.25, 0.3) is 0 Å². The molecule has 0 aromatic rings. The van der Waals surface area contributed by atoms with E-state index in [2.05, 4.69) is 19.6 Å². The molecule has 1 heterocycles. The van der Waals surface area contributed by atoms with Gasteiger partial charge < -0.3 is 35.3 Å². The van der Waals surface area contributed by atoms with E-state index in [1.165, 1.54) is 13.3 Å². The van der Waals surface area contributed by atoms with Crippen LogP contribution in [0.3, 0.4) is 0 Å². The second-order valence-corrected chi connectivity index (χ2v) is 4.40. The molecule has 0 aromatic heterocycles. The molecule has 126 valence electrons. The Kier molecular flexibility index (Phi) is 14.7. The Morgan fingerprint density at radius 3 is 2.29 bits per heavy atom. The standard InChI is InChI=1S/C8H14O6.C3H8.C2H5NO/c9-1-2-13-7-3-5(11)8(12)6(4-10)14-7;1-3-2;1-2(3)4/h1,5-8,10-12H,2-4H2;3H2,1-2H3;1H3,(H2,3,4). The smallest absolute Gasteiger partial charge is 0.214 e. The van der Waals surface area contributed by atoms with Gasteiger partial charge in [-0.15, -0.1) is 0 Å². The van der Waals surface area contributed by atoms with Crippen molar-refractivity contribution in [2.45, 2.75) is 58.2 Å². The van der Waals surface area contributed by atoms with Gasteiger partial charge in [-0.05, 0) is 0 Å². The van der Waals surface area contributed by atoms with Gasteiger partial charge in [0.1, 0.15) is 25.1 Å². The summed E-state index contributed by atoms with van der Waals surface area (Å²) in [4.78, 5) is 19.2. The molecule has 0 bridgehead atoms. The van der Waals surface area contributed by atoms with E-state index in [0.29, 0.717) is 6.29 Å². The molecule has 4 unspecified atom stereocenters. The van der Waals surface area contributed by atoms with Crippen LogP contribution in [0, 0.1) is 0 Å². The maximum Gasteiger partial charge on any atom is 0.214 e. The maximum absolute atomic E-state index is 10.0. The van der Waals surface area contributed by atoms with Crippen molar-refractivity contribution in [1.29, 1.82) is 0 Å². The number of aliphatic hydroxyl groups is 3. The first kappa shape index (κ1) is 22.2. The molecular weight excluding hydrogens is 282 g/mol. The molecule has 0 aliphatic carbocycles. The summed E-state index contributed by atoms with van der Waals surface area (Å²) in [5.74, 6) is -0.333. The molecule has 8 nitrogen and oxygen atoms in total. The summed E-state index contributed by atoms with van der Waals surface area (Å²) in [7, 11) is 0. The number of carbonyl (C=O) groups is 2. The minimum absolute atomic E-state index is 0.0888. The second kappa shape index (κ2) is 13.9. The maximum atomic E-state index is 10.0. The first-order chi connectivity index (χ1) is 9.83. The summed E-state index contributed by atoms with van der Waals surface area (Å²) >= 11 is 0. The molecule has 1 aliphatic heterocycles. The van der Waals surface area contributed by atoms with Gasteiger partial charge >= 0.3 is 0 Å². The monoisotopic (exact) mass is 309 g/mol. The number of rotatable bonds is 4. The number of carbonyl (C=O) groups excluding carboxylic acids is 2. The van der Waals surface area contributed by atoms with Crippen molar-refractivity contribution in [3.63, 3.8) is 0 Å². The largest absolute Gasteiger partial charge is 0.394 e. The van der Waals surface area contributed by atoms with Crippen molar-refractivity contribution in [2.75, 3.05) is 13.2 Å². The summed E-state index contributed by atoms with van der Waals surface area (Å²) in [6.45, 7) is 5.02. The zero-order chi connectivity index (χ0) is 16.8. The van der Waals surface area contributed by atoms with Crippen molar-refractivity contribution in [3.8, 4) is 0 Å². The minimum Gasteiger partial charge on any atom is -0.394 e. The number of nitrogens with two attached hydrogens (primary N) is 1. The number of hydrogen-bond acceptors (Lipinski definition) is 7. The van der Waals surface area contributed by atoms with Crippen LogP contribution in [-0.4, -0.2) is 65.3 Å². The Labute approximate surface area is 124 Å². The van der Waals surface area contributed by atoms with Crippen LogP contribution in [-0.2, 0) is 19.1 Å². The van der Waals surface area contributed by atoms with Gasteiger partial charge in [0.15, 0.2) is 6.29 Å². The van der Waals surface area contributed by atoms with E-state index >= 15 is 0 Å². The Hall–Kier alpha value is -1.06. The Morgan fingerprint density at radius 2 is 1.90 bits per heavy atom. The highest BCUT2D eigenvalue weighted by atomic mass is 16.7. The number of primary amides is 1. The summed E-state index contributed by atoms with van der Waals surface area (Å²) < 4.78 is 9.99. The van der Waals surface area contributed by atoms with Gasteiger partial charge in [0.2, 0.25) is 5.91 Å². The van der Waals surface area contributed by atoms with Crippen LogP contribution in [0.5, 0.6) is 0 Å². The molecule has 1 saturated heterocycles. The molecule has 21 heavy (non-hydrogen) atoms. The average molecular weight is 309 g/mol. The molecule has 0 spiro atoms. The zero-order valence-electron chi connectivity index (χ0n) is 12.8. The van der Waals surface area contributed by atoms with Crippen molar-refractivity contribution in [1.82, 2.24) is 0 Å². The van der Waals surface area contributed by atoms with Crippen molar-refractivity contribution >= 4 is 12.2 Å². The highest BCUT2D eigenvalue weighted by Gasteiger charge is 2.36. The van der Waals surface area contributed by atoms with Crippen molar-refractivity contribution < 1.29 is 34.4 Å². The number of ether oxygens (including phenoxy) is 2. The van der Waals surface area contributed by atoms with E-state index in [-0.39, 0.29) is 18.9 Å². The van der Waals surface area contributed by atoms with E-state index in [0.717, 1.165) is 0 Å². The highest BCUT2D eigenvalue weighted by Crippen LogP contribution is 2.20. The molecule has 4 atom stereocenters. The molecule has 1 fully saturated rings. The lowest BCUT2D eigenvalue weighted by Gasteiger charge is -2.35. The Morgan fingerprint density at radius 1 is 1.43 bits per heavy atom. The lowest BCUT2D eigenvalue weighted by molar-refractivity contribution is -0.254. The number of aliphatic hydroxyl groups excluding tert-OH is 3. The van der Waals surface area contributed by atoms with Crippen molar-refractivity contribution in [2.24, 2.45) is 5.73 Å². The van der Waals surface area contributed by atoms with Gasteiger partial charge in [-0.3, -0.25) is 4.79 Å². The van der Waals surface area contributed by atoms with E-state index in [1.54, 1.807) is 0 Å². The molecule has 0 saturated carbocycles. The quantitative estimate of drug-likeness (QED) is 0.485. The third-order valence-corrected chi connectivity index (χ3v) is 2.07. The van der Waals surface area contributed by atoms with E-state index < -0.39 is 31.2 Å². The third kappa shape index (κ3) is 12.4. The highest BCUT2D eigenvalue weighted by molar-refractivity contribution is 5.70. The summed E-state index contributed by atoms with van der Waals surface area (Å²) in [6.07, 6.45) is -1.83. The van der Waals surface area contributed by atoms with Gasteiger partial charge in [-0.25, -0.2) is 0 Å². The van der Waals surface area contributed by atoms with Crippen LogP contribution < -0.4 is 5.73 Å². The lowest BCUT2D eigenvalue weighted by atomic mass is 10.0. The molecule has 5 N–H and O–H groups in total. The second-order valence-electron chi connectivity index (χ2n) is 4.40. The van der Waals surface area contributed by atoms with Gasteiger partial charge in [-0.2, -0.15) is 0 Å². The topological polar surface area (TPSA) is 139 Å². The first-order valence-electron chi connectivity index (χ1n) is 6.77. The van der Waals surface area contributed by atoms with Crippen LogP contribution in [0.1, 0.15) is 33.6 Å². The molecule has 1 rings (SSSR count). The molecular formula is C13H27NO7. The van der Waals surface area contributed by atoms with Crippen molar-refractivity contribution in [3.05, 3.63) is 0 Å². The van der Waals surface area contributed by atoms with Gasteiger partial charge in [0, 0.05) is 13.3 Å². The lowest BCUT2D eigenvalue weighted by Crippen LogP contribution is -2.50. The Balaban J connectivity index is 0. The fourth-order valence-corrected chi connectivity index (χ4v) is 1.32. The summed E-state index contributed by atoms with van der Waals surface area (Å²) in [5.41, 5.74) is 4.47. The summed E-state index contributed by atoms with van der Waals surface area (Å²) in [5, 5.41) is 27.5. The van der Waals surface area contributed by atoms with E-state index in [9.17, 15) is 19.8 Å². The van der Waals surface area contributed by atoms with E-state index in [4.69, 9.17) is 14.6 Å². The van der Waals surface area contributed by atoms with Crippen LogP contribution in [0.2, 0.25) is 0 Å². The molecule has 0 radical (unpaired) electrons. The predicted molar refractivity (Wildman–Crippen MR) is 75.2 cm³/mol. The number of hydrogen-bond donors (Lipinski definition) is 4. The van der Waals surface area contributed by atoms with Crippen LogP contribution in [0.25, 0.3) is 0 Å². The average Bonchev–Trinajstić information content (AvgIpc) is 2.40. The zero-order valence-corrected chi connectivity index (χ0v) is 12.8. The Bertz CT molecular complexity index is 271. The van der Waals surface area contributed by atoms with Crippen LogP contribution >= 0.6 is 0 Å². The third-order valence-electron chi connectivity index (χ3n) is 2.07. The van der Waals surface area contributed by atoms with Crippen LogP contribution in [0.4, 0.5) is 0 Å².